The van der Waals surface area contributed by atoms with E-state index >= 15 is 0 Å². The minimum atomic E-state index is 0.185. The lowest BCUT2D eigenvalue weighted by Crippen LogP contribution is -2.24. The Morgan fingerprint density at radius 1 is 1.35 bits per heavy atom. The van der Waals surface area contributed by atoms with E-state index in [1.165, 1.54) is 0 Å². The first kappa shape index (κ1) is 12.7. The van der Waals surface area contributed by atoms with Gasteiger partial charge in [0.25, 0.3) is 0 Å². The molecular weight excluding hydrogens is 274 g/mol. The van der Waals surface area contributed by atoms with Crippen molar-refractivity contribution in [3.63, 3.8) is 0 Å². The van der Waals surface area contributed by atoms with Crippen LogP contribution in [0.1, 0.15) is 12.6 Å². The predicted molar refractivity (Wildman–Crippen MR) is 81.2 cm³/mol. The van der Waals surface area contributed by atoms with Crippen LogP contribution in [0.25, 0.3) is 5.70 Å². The third-order valence-electron chi connectivity index (χ3n) is 3.19. The van der Waals surface area contributed by atoms with Gasteiger partial charge in [0.05, 0.1) is 22.8 Å². The first-order chi connectivity index (χ1) is 9.70. The molecule has 0 bridgehead atoms. The standard InChI is InChI=1S/C14H14ClN5/c1-2-20-11-6-4-3-5-9(11)18-13(20)12(16)10-7-8-17-14(15)19-10/h3-8,18H,2,16H2,1H3/b13-12-. The fourth-order valence-electron chi connectivity index (χ4n) is 2.28. The van der Waals surface area contributed by atoms with Crippen LogP contribution >= 0.6 is 11.6 Å². The number of rotatable bonds is 2. The van der Waals surface area contributed by atoms with E-state index in [0.717, 1.165) is 23.7 Å². The summed E-state index contributed by atoms with van der Waals surface area (Å²) < 4.78 is 0. The molecular formula is C14H14ClN5. The quantitative estimate of drug-likeness (QED) is 0.831. The van der Waals surface area contributed by atoms with E-state index in [2.05, 4.69) is 33.2 Å². The Morgan fingerprint density at radius 3 is 2.90 bits per heavy atom. The summed E-state index contributed by atoms with van der Waals surface area (Å²) in [5.74, 6) is 0.823. The van der Waals surface area contributed by atoms with Crippen LogP contribution in [0, 0.1) is 0 Å². The van der Waals surface area contributed by atoms with Gasteiger partial charge < -0.3 is 16.0 Å². The van der Waals surface area contributed by atoms with Crippen LogP contribution in [0.5, 0.6) is 0 Å². The Kier molecular flexibility index (Phi) is 3.20. The molecule has 5 nitrogen and oxygen atoms in total. The second-order valence-corrected chi connectivity index (χ2v) is 4.70. The van der Waals surface area contributed by atoms with Crippen LogP contribution in [-0.2, 0) is 0 Å². The van der Waals surface area contributed by atoms with E-state index in [9.17, 15) is 0 Å². The van der Waals surface area contributed by atoms with Crippen LogP contribution in [-0.4, -0.2) is 16.5 Å². The van der Waals surface area contributed by atoms with Crippen molar-refractivity contribution in [2.24, 2.45) is 5.73 Å². The molecule has 0 amide bonds. The van der Waals surface area contributed by atoms with Crippen LogP contribution in [0.3, 0.4) is 0 Å². The Labute approximate surface area is 122 Å². The van der Waals surface area contributed by atoms with Gasteiger partial charge >= 0.3 is 0 Å². The topological polar surface area (TPSA) is 67.1 Å². The average Bonchev–Trinajstić information content (AvgIpc) is 2.85. The summed E-state index contributed by atoms with van der Waals surface area (Å²) in [5.41, 5.74) is 9.54. The lowest BCUT2D eigenvalue weighted by atomic mass is 10.2. The van der Waals surface area contributed by atoms with Gasteiger partial charge in [-0.15, -0.1) is 0 Å². The van der Waals surface area contributed by atoms with Crippen LogP contribution in [0.15, 0.2) is 42.3 Å². The van der Waals surface area contributed by atoms with Gasteiger partial charge in [0.15, 0.2) is 0 Å². The van der Waals surface area contributed by atoms with Gasteiger partial charge in [0.1, 0.15) is 5.82 Å². The average molecular weight is 288 g/mol. The summed E-state index contributed by atoms with van der Waals surface area (Å²) in [6, 6.07) is 9.81. The molecule has 2 aromatic rings. The normalized spacial score (nSPS) is 15.8. The molecule has 20 heavy (non-hydrogen) atoms. The maximum absolute atomic E-state index is 6.24. The second kappa shape index (κ2) is 5.02. The lowest BCUT2D eigenvalue weighted by molar-refractivity contribution is 0.985. The number of hydrogen-bond acceptors (Lipinski definition) is 5. The van der Waals surface area contributed by atoms with Crippen molar-refractivity contribution in [3.8, 4) is 0 Å². The van der Waals surface area contributed by atoms with E-state index in [4.69, 9.17) is 17.3 Å². The number of nitrogens with one attached hydrogen (secondary N) is 1. The minimum Gasteiger partial charge on any atom is -0.394 e. The molecule has 2 heterocycles. The fourth-order valence-corrected chi connectivity index (χ4v) is 2.43. The maximum atomic E-state index is 6.24. The van der Waals surface area contributed by atoms with Crippen LogP contribution in [0.2, 0.25) is 5.28 Å². The molecule has 1 aliphatic rings. The summed E-state index contributed by atoms with van der Waals surface area (Å²) in [6.45, 7) is 2.88. The Morgan fingerprint density at radius 2 is 2.15 bits per heavy atom. The number of benzene rings is 1. The molecule has 0 aliphatic carbocycles. The Bertz CT molecular complexity index is 683. The van der Waals surface area contributed by atoms with Crippen molar-refractivity contribution < 1.29 is 0 Å². The predicted octanol–water partition coefficient (Wildman–Crippen LogP) is 2.67. The number of aromatic nitrogens is 2. The summed E-state index contributed by atoms with van der Waals surface area (Å²) in [7, 11) is 0. The number of nitrogens with two attached hydrogens (primary N) is 1. The van der Waals surface area contributed by atoms with E-state index in [1.54, 1.807) is 12.3 Å². The maximum Gasteiger partial charge on any atom is 0.222 e. The minimum absolute atomic E-state index is 0.185. The Hall–Kier alpha value is -2.27. The molecule has 3 rings (SSSR count). The summed E-state index contributed by atoms with van der Waals surface area (Å²) in [4.78, 5) is 10.1. The van der Waals surface area contributed by atoms with Crippen molar-refractivity contribution in [1.29, 1.82) is 0 Å². The SMILES string of the molecule is CCN1/C(=C(\N)c2ccnc(Cl)n2)Nc2ccccc21. The fraction of sp³-hybridized carbons (Fsp3) is 0.143. The van der Waals surface area contributed by atoms with Gasteiger partial charge in [-0.2, -0.15) is 0 Å². The Balaban J connectivity index is 2.08. The highest BCUT2D eigenvalue weighted by atomic mass is 35.5. The van der Waals surface area contributed by atoms with E-state index in [0.29, 0.717) is 11.4 Å². The first-order valence-electron chi connectivity index (χ1n) is 6.33. The third kappa shape index (κ3) is 2.06. The number of nitrogens with zero attached hydrogens (tertiary/aromatic N) is 3. The number of halogens is 1. The number of anilines is 2. The molecule has 6 heteroatoms. The number of hydrogen-bond donors (Lipinski definition) is 2. The van der Waals surface area contributed by atoms with Crippen molar-refractivity contribution >= 4 is 28.7 Å². The molecule has 1 aromatic carbocycles. The van der Waals surface area contributed by atoms with E-state index in [1.807, 2.05) is 18.2 Å². The zero-order valence-corrected chi connectivity index (χ0v) is 11.7. The smallest absolute Gasteiger partial charge is 0.222 e. The van der Waals surface area contributed by atoms with Crippen LogP contribution < -0.4 is 16.0 Å². The molecule has 0 unspecified atom stereocenters. The van der Waals surface area contributed by atoms with Crippen molar-refractivity contribution in [2.75, 3.05) is 16.8 Å². The van der Waals surface area contributed by atoms with Gasteiger partial charge in [0.2, 0.25) is 5.28 Å². The summed E-state index contributed by atoms with van der Waals surface area (Å²) in [6.07, 6.45) is 1.59. The van der Waals surface area contributed by atoms with Gasteiger partial charge in [-0.05, 0) is 36.7 Å². The molecule has 1 aliphatic heterocycles. The second-order valence-electron chi connectivity index (χ2n) is 4.36. The molecule has 0 saturated carbocycles. The van der Waals surface area contributed by atoms with Gasteiger partial charge in [-0.3, -0.25) is 0 Å². The van der Waals surface area contributed by atoms with Gasteiger partial charge in [0, 0.05) is 12.7 Å². The van der Waals surface area contributed by atoms with Gasteiger partial charge in [-0.25, -0.2) is 9.97 Å². The van der Waals surface area contributed by atoms with Crippen molar-refractivity contribution in [2.45, 2.75) is 6.92 Å². The molecule has 1 aromatic heterocycles. The van der Waals surface area contributed by atoms with Crippen molar-refractivity contribution in [1.82, 2.24) is 9.97 Å². The zero-order valence-electron chi connectivity index (χ0n) is 11.0. The molecule has 0 fully saturated rings. The molecule has 0 saturated heterocycles. The highest BCUT2D eigenvalue weighted by Gasteiger charge is 2.25. The third-order valence-corrected chi connectivity index (χ3v) is 3.37. The monoisotopic (exact) mass is 287 g/mol. The highest BCUT2D eigenvalue weighted by molar-refractivity contribution is 6.28. The van der Waals surface area contributed by atoms with Gasteiger partial charge in [-0.1, -0.05) is 12.1 Å². The number of fused-ring (bicyclic) bond motifs is 1. The summed E-state index contributed by atoms with van der Waals surface area (Å²) >= 11 is 5.82. The van der Waals surface area contributed by atoms with E-state index in [-0.39, 0.29) is 5.28 Å². The molecule has 3 N–H and O–H groups in total. The first-order valence-corrected chi connectivity index (χ1v) is 6.70. The molecule has 0 spiro atoms. The summed E-state index contributed by atoms with van der Waals surface area (Å²) in [5, 5.41) is 3.52. The molecule has 0 atom stereocenters. The van der Waals surface area contributed by atoms with E-state index < -0.39 is 0 Å². The molecule has 0 radical (unpaired) electrons. The highest BCUT2D eigenvalue weighted by Crippen LogP contribution is 2.37. The zero-order chi connectivity index (χ0) is 14.1. The number of para-hydroxylation sites is 2. The lowest BCUT2D eigenvalue weighted by Gasteiger charge is -2.19. The molecule has 102 valence electrons. The largest absolute Gasteiger partial charge is 0.394 e. The van der Waals surface area contributed by atoms with Crippen LogP contribution in [0.4, 0.5) is 11.4 Å². The van der Waals surface area contributed by atoms with Crippen molar-refractivity contribution in [3.05, 3.63) is 53.3 Å².